The van der Waals surface area contributed by atoms with Gasteiger partial charge in [0.05, 0.1) is 19.8 Å². The van der Waals surface area contributed by atoms with E-state index in [1.165, 1.54) is 0 Å². The predicted octanol–water partition coefficient (Wildman–Crippen LogP) is -4.28. The van der Waals surface area contributed by atoms with Crippen molar-refractivity contribution in [3.63, 3.8) is 0 Å². The lowest BCUT2D eigenvalue weighted by Crippen LogP contribution is -2.62. The van der Waals surface area contributed by atoms with Gasteiger partial charge in [-0.05, 0) is 0 Å². The molecular formula is C12H21O10. The van der Waals surface area contributed by atoms with Gasteiger partial charge in [-0.2, -0.15) is 0 Å². The second-order valence-electron chi connectivity index (χ2n) is 5.38. The van der Waals surface area contributed by atoms with Crippen molar-refractivity contribution in [2.24, 2.45) is 0 Å². The van der Waals surface area contributed by atoms with E-state index in [0.29, 0.717) is 0 Å². The van der Waals surface area contributed by atoms with Crippen molar-refractivity contribution in [3.05, 3.63) is 0 Å². The SMILES string of the molecule is [O][C@H]1[C@H](O[C@@H]2O[C@H](CO)[C@H](O)[C@H](O)[C@H]2O)[C@@H](CO)OC[C@@H]1O. The first-order chi connectivity index (χ1) is 10.4. The van der Waals surface area contributed by atoms with Gasteiger partial charge in [-0.25, -0.2) is 5.11 Å². The summed E-state index contributed by atoms with van der Waals surface area (Å²) < 4.78 is 15.5. The zero-order chi connectivity index (χ0) is 16.4. The second-order valence-corrected chi connectivity index (χ2v) is 5.38. The van der Waals surface area contributed by atoms with Gasteiger partial charge in [0.25, 0.3) is 0 Å². The molecule has 0 amide bonds. The van der Waals surface area contributed by atoms with Gasteiger partial charge in [0.1, 0.15) is 48.8 Å². The van der Waals surface area contributed by atoms with Crippen molar-refractivity contribution in [2.75, 3.05) is 19.8 Å². The molecule has 0 unspecified atom stereocenters. The summed E-state index contributed by atoms with van der Waals surface area (Å²) in [6.45, 7) is -1.44. The highest BCUT2D eigenvalue weighted by Crippen LogP contribution is 2.27. The first-order valence-corrected chi connectivity index (χ1v) is 6.93. The third kappa shape index (κ3) is 3.41. The number of hydrogen-bond donors (Lipinski definition) is 6. The molecule has 0 aromatic carbocycles. The fourth-order valence-corrected chi connectivity index (χ4v) is 2.50. The van der Waals surface area contributed by atoms with E-state index in [2.05, 4.69) is 0 Å². The lowest BCUT2D eigenvalue weighted by atomic mass is 9.97. The van der Waals surface area contributed by atoms with Gasteiger partial charge < -0.3 is 44.8 Å². The van der Waals surface area contributed by atoms with Crippen LogP contribution >= 0.6 is 0 Å². The van der Waals surface area contributed by atoms with Crippen molar-refractivity contribution in [1.29, 1.82) is 0 Å². The van der Waals surface area contributed by atoms with Gasteiger partial charge in [-0.3, -0.25) is 0 Å². The normalized spacial score (nSPS) is 50.0. The molecule has 0 aliphatic carbocycles. The molecule has 22 heavy (non-hydrogen) atoms. The maximum absolute atomic E-state index is 12.0. The molecule has 2 aliphatic rings. The van der Waals surface area contributed by atoms with Crippen LogP contribution in [0.25, 0.3) is 0 Å². The average Bonchev–Trinajstić information content (AvgIpc) is 2.52. The molecule has 0 aromatic rings. The Morgan fingerprint density at radius 3 is 2.18 bits per heavy atom. The zero-order valence-corrected chi connectivity index (χ0v) is 11.6. The molecule has 0 spiro atoms. The molecule has 2 aliphatic heterocycles. The van der Waals surface area contributed by atoms with Gasteiger partial charge in [0.2, 0.25) is 0 Å². The number of aliphatic hydroxyl groups excluding tert-OH is 6. The number of aliphatic hydroxyl groups is 6. The minimum atomic E-state index is -1.68. The quantitative estimate of drug-likeness (QED) is 0.299. The third-order valence-corrected chi connectivity index (χ3v) is 3.87. The fourth-order valence-electron chi connectivity index (χ4n) is 2.50. The number of hydrogen-bond acceptors (Lipinski definition) is 9. The molecule has 0 aromatic heterocycles. The average molecular weight is 325 g/mol. The smallest absolute Gasteiger partial charge is 0.187 e. The first-order valence-electron chi connectivity index (χ1n) is 6.93. The summed E-state index contributed by atoms with van der Waals surface area (Å²) in [5.74, 6) is 0. The number of ether oxygens (including phenoxy) is 3. The van der Waals surface area contributed by atoms with Crippen LogP contribution in [0.2, 0.25) is 0 Å². The first kappa shape index (κ1) is 17.9. The molecule has 0 bridgehead atoms. The molecular weight excluding hydrogens is 304 g/mol. The minimum Gasteiger partial charge on any atom is -0.394 e. The Morgan fingerprint density at radius 2 is 1.59 bits per heavy atom. The third-order valence-electron chi connectivity index (χ3n) is 3.87. The molecule has 1 radical (unpaired) electrons. The van der Waals surface area contributed by atoms with E-state index >= 15 is 0 Å². The van der Waals surface area contributed by atoms with E-state index in [9.17, 15) is 30.6 Å². The van der Waals surface area contributed by atoms with Crippen molar-refractivity contribution in [2.45, 2.75) is 55.1 Å². The van der Waals surface area contributed by atoms with Crippen LogP contribution in [-0.4, -0.2) is 106 Å². The standard InChI is InChI=1S/C12H21O10/c13-1-5-8(17)9(18)10(19)12(21-5)22-11-6(2-14)20-3-4(15)7(11)16/h4-15,17-19H,1-3H2/t4-,5+,6+,7+,8-,9-,10+,11+,12-/m0/s1. The molecule has 129 valence electrons. The molecule has 0 saturated carbocycles. The summed E-state index contributed by atoms with van der Waals surface area (Å²) >= 11 is 0. The topological polar surface area (TPSA) is 169 Å². The van der Waals surface area contributed by atoms with Crippen molar-refractivity contribution < 1.29 is 50.0 Å². The zero-order valence-electron chi connectivity index (χ0n) is 11.6. The van der Waals surface area contributed by atoms with Crippen molar-refractivity contribution in [3.8, 4) is 0 Å². The van der Waals surface area contributed by atoms with E-state index in [-0.39, 0.29) is 6.61 Å². The molecule has 9 atom stereocenters. The summed E-state index contributed by atoms with van der Waals surface area (Å²) in [6.07, 6.45) is -13.0. The van der Waals surface area contributed by atoms with Crippen LogP contribution in [0.15, 0.2) is 0 Å². The molecule has 10 heteroatoms. The van der Waals surface area contributed by atoms with E-state index in [4.69, 9.17) is 19.3 Å². The monoisotopic (exact) mass is 325 g/mol. The highest BCUT2D eigenvalue weighted by molar-refractivity contribution is 4.92. The van der Waals surface area contributed by atoms with Gasteiger partial charge in [-0.1, -0.05) is 0 Å². The second kappa shape index (κ2) is 7.45. The molecule has 6 N–H and O–H groups in total. The van der Waals surface area contributed by atoms with E-state index in [1.54, 1.807) is 0 Å². The Kier molecular flexibility index (Phi) is 6.07. The molecule has 10 nitrogen and oxygen atoms in total. The van der Waals surface area contributed by atoms with Crippen LogP contribution in [0.3, 0.4) is 0 Å². The largest absolute Gasteiger partial charge is 0.394 e. The van der Waals surface area contributed by atoms with Crippen LogP contribution in [-0.2, 0) is 19.3 Å². The Labute approximate surface area is 126 Å². The predicted molar refractivity (Wildman–Crippen MR) is 65.9 cm³/mol. The van der Waals surface area contributed by atoms with Crippen molar-refractivity contribution >= 4 is 0 Å². The highest BCUT2D eigenvalue weighted by Gasteiger charge is 2.48. The summed E-state index contributed by atoms with van der Waals surface area (Å²) in [4.78, 5) is 0. The van der Waals surface area contributed by atoms with Crippen LogP contribution in [0.5, 0.6) is 0 Å². The number of rotatable bonds is 4. The van der Waals surface area contributed by atoms with Crippen LogP contribution in [0, 0.1) is 0 Å². The highest BCUT2D eigenvalue weighted by atomic mass is 16.7. The summed E-state index contributed by atoms with van der Waals surface area (Å²) in [5.41, 5.74) is 0. The minimum absolute atomic E-state index is 0.256. The van der Waals surface area contributed by atoms with Gasteiger partial charge in [-0.15, -0.1) is 0 Å². The van der Waals surface area contributed by atoms with Crippen LogP contribution in [0.4, 0.5) is 0 Å². The molecule has 2 saturated heterocycles. The Morgan fingerprint density at radius 1 is 0.955 bits per heavy atom. The van der Waals surface area contributed by atoms with Crippen LogP contribution < -0.4 is 0 Å². The Bertz CT molecular complexity index is 351. The Hall–Kier alpha value is -0.400. The fraction of sp³-hybridized carbons (Fsp3) is 1.00. The maximum atomic E-state index is 12.0. The Balaban J connectivity index is 2.09. The summed E-state index contributed by atoms with van der Waals surface area (Å²) in [7, 11) is 0. The van der Waals surface area contributed by atoms with Crippen molar-refractivity contribution in [1.82, 2.24) is 0 Å². The van der Waals surface area contributed by atoms with E-state index < -0.39 is 68.3 Å². The van der Waals surface area contributed by atoms with Gasteiger partial charge in [0.15, 0.2) is 6.29 Å². The van der Waals surface area contributed by atoms with Gasteiger partial charge >= 0.3 is 0 Å². The lowest BCUT2D eigenvalue weighted by Gasteiger charge is -2.43. The molecule has 2 rings (SSSR count). The lowest BCUT2D eigenvalue weighted by molar-refractivity contribution is -0.339. The van der Waals surface area contributed by atoms with Crippen LogP contribution in [0.1, 0.15) is 0 Å². The van der Waals surface area contributed by atoms with E-state index in [1.807, 2.05) is 0 Å². The molecule has 2 heterocycles. The summed E-state index contributed by atoms with van der Waals surface area (Å²) in [6, 6.07) is 0. The van der Waals surface area contributed by atoms with Gasteiger partial charge in [0, 0.05) is 0 Å². The molecule has 2 fully saturated rings. The maximum Gasteiger partial charge on any atom is 0.187 e. The summed E-state index contributed by atoms with van der Waals surface area (Å²) in [5, 5.41) is 69.0. The van der Waals surface area contributed by atoms with E-state index in [0.717, 1.165) is 0 Å².